The standard InChI is InChI=1S/C27H32N2O/c1-17-8-9-21-22-7-6-12-28-25(22)30-24(21)23(17)26-14-19-13-20(15-26)27(10-4-3-5-11-27)29(16-19)18(26)2/h6-9,12,18-20H,3-5,10-11,13-16H2,1-2H3/t18-,19?,20?,26?/m1/s1. The molecular weight excluding hydrogens is 368 g/mol. The zero-order valence-corrected chi connectivity index (χ0v) is 18.3. The van der Waals surface area contributed by atoms with E-state index in [4.69, 9.17) is 4.42 Å². The second-order valence-corrected chi connectivity index (χ2v) is 10.9. The van der Waals surface area contributed by atoms with Crippen molar-refractivity contribution in [2.45, 2.75) is 82.2 Å². The van der Waals surface area contributed by atoms with Gasteiger partial charge < -0.3 is 4.42 Å². The highest BCUT2D eigenvalue weighted by Crippen LogP contribution is 2.64. The first-order chi connectivity index (χ1) is 14.6. The Bertz CT molecular complexity index is 1160. The molecule has 1 spiro atoms. The highest BCUT2D eigenvalue weighted by Gasteiger charge is 2.65. The summed E-state index contributed by atoms with van der Waals surface area (Å²) in [6.07, 6.45) is 13.2. The zero-order valence-electron chi connectivity index (χ0n) is 18.3. The van der Waals surface area contributed by atoms with Gasteiger partial charge in [-0.05, 0) is 75.5 Å². The second kappa shape index (κ2) is 5.88. The van der Waals surface area contributed by atoms with Crippen molar-refractivity contribution in [1.82, 2.24) is 9.88 Å². The van der Waals surface area contributed by atoms with Crippen molar-refractivity contribution in [3.63, 3.8) is 0 Å². The summed E-state index contributed by atoms with van der Waals surface area (Å²) in [4.78, 5) is 7.56. The Kier molecular flexibility index (Phi) is 3.48. The Morgan fingerprint density at radius 2 is 1.93 bits per heavy atom. The lowest BCUT2D eigenvalue weighted by Crippen LogP contribution is -2.75. The maximum Gasteiger partial charge on any atom is 0.227 e. The molecule has 0 N–H and O–H groups in total. The minimum Gasteiger partial charge on any atom is -0.437 e. The normalized spacial score (nSPS) is 36.9. The topological polar surface area (TPSA) is 29.3 Å². The number of rotatable bonds is 1. The van der Waals surface area contributed by atoms with Crippen LogP contribution < -0.4 is 0 Å². The van der Waals surface area contributed by atoms with Crippen LogP contribution in [0.5, 0.6) is 0 Å². The summed E-state index contributed by atoms with van der Waals surface area (Å²) in [6.45, 7) is 6.19. The van der Waals surface area contributed by atoms with Gasteiger partial charge in [0.1, 0.15) is 5.58 Å². The van der Waals surface area contributed by atoms with Gasteiger partial charge in [0.15, 0.2) is 0 Å². The van der Waals surface area contributed by atoms with E-state index in [-0.39, 0.29) is 5.41 Å². The largest absolute Gasteiger partial charge is 0.437 e. The first-order valence-electron chi connectivity index (χ1n) is 12.2. The first-order valence-corrected chi connectivity index (χ1v) is 12.2. The molecule has 2 aromatic heterocycles. The molecule has 4 bridgehead atoms. The fraction of sp³-hybridized carbons (Fsp3) is 0.593. The van der Waals surface area contributed by atoms with Crippen LogP contribution in [-0.2, 0) is 5.41 Å². The van der Waals surface area contributed by atoms with Crippen LogP contribution in [0.1, 0.15) is 69.4 Å². The number of aryl methyl sites for hydroxylation is 1. The van der Waals surface area contributed by atoms with Crippen LogP contribution in [0.15, 0.2) is 34.9 Å². The van der Waals surface area contributed by atoms with Crippen molar-refractivity contribution < 1.29 is 4.42 Å². The van der Waals surface area contributed by atoms with Gasteiger partial charge in [-0.15, -0.1) is 0 Å². The van der Waals surface area contributed by atoms with E-state index in [0.29, 0.717) is 11.6 Å². The number of fused-ring (bicyclic) bond motifs is 3. The number of pyridine rings is 1. The van der Waals surface area contributed by atoms with Crippen LogP contribution in [0.3, 0.4) is 0 Å². The molecule has 2 aliphatic carbocycles. The molecule has 4 unspecified atom stereocenters. The number of nitrogens with zero attached hydrogens (tertiary/aromatic N) is 2. The maximum absolute atomic E-state index is 6.51. The summed E-state index contributed by atoms with van der Waals surface area (Å²) in [5.41, 5.74) is 5.56. The van der Waals surface area contributed by atoms with E-state index in [1.165, 1.54) is 74.4 Å². The highest BCUT2D eigenvalue weighted by atomic mass is 16.3. The summed E-state index contributed by atoms with van der Waals surface area (Å²) in [6, 6.07) is 9.39. The molecule has 1 aromatic carbocycles. The van der Waals surface area contributed by atoms with Crippen LogP contribution in [0.25, 0.3) is 22.1 Å². The van der Waals surface area contributed by atoms with E-state index >= 15 is 0 Å². The molecule has 30 heavy (non-hydrogen) atoms. The van der Waals surface area contributed by atoms with Crippen molar-refractivity contribution >= 4 is 22.1 Å². The molecule has 0 amide bonds. The third-order valence-corrected chi connectivity index (χ3v) is 9.78. The van der Waals surface area contributed by atoms with Gasteiger partial charge in [0, 0.05) is 46.1 Å². The molecule has 3 aliphatic heterocycles. The predicted molar refractivity (Wildman–Crippen MR) is 121 cm³/mol. The van der Waals surface area contributed by atoms with E-state index in [1.807, 2.05) is 12.3 Å². The molecule has 3 nitrogen and oxygen atoms in total. The first kappa shape index (κ1) is 17.8. The minimum absolute atomic E-state index is 0.228. The van der Waals surface area contributed by atoms with Gasteiger partial charge in [0.2, 0.25) is 5.71 Å². The molecule has 0 radical (unpaired) electrons. The van der Waals surface area contributed by atoms with Gasteiger partial charge in [-0.25, -0.2) is 4.98 Å². The Morgan fingerprint density at radius 1 is 1.07 bits per heavy atom. The van der Waals surface area contributed by atoms with Crippen molar-refractivity contribution in [2.24, 2.45) is 11.8 Å². The molecule has 3 saturated heterocycles. The number of hydrogen-bond donors (Lipinski definition) is 0. The van der Waals surface area contributed by atoms with Crippen LogP contribution in [0.2, 0.25) is 0 Å². The lowest BCUT2D eigenvalue weighted by atomic mass is 9.46. The Balaban J connectivity index is 1.45. The lowest BCUT2D eigenvalue weighted by molar-refractivity contribution is -0.182. The quantitative estimate of drug-likeness (QED) is 0.476. The van der Waals surface area contributed by atoms with Crippen molar-refractivity contribution in [2.75, 3.05) is 6.54 Å². The zero-order chi connectivity index (χ0) is 20.1. The second-order valence-electron chi connectivity index (χ2n) is 10.9. The molecule has 5 atom stereocenters. The molecule has 3 heteroatoms. The number of benzene rings is 1. The summed E-state index contributed by atoms with van der Waals surface area (Å²) in [5.74, 6) is 1.71. The molecule has 156 valence electrons. The van der Waals surface area contributed by atoms with E-state index in [0.717, 1.165) is 28.5 Å². The molecular formula is C27H32N2O. The molecule has 8 rings (SSSR count). The lowest BCUT2D eigenvalue weighted by Gasteiger charge is -2.71. The molecule has 5 heterocycles. The summed E-state index contributed by atoms with van der Waals surface area (Å²) in [7, 11) is 0. The summed E-state index contributed by atoms with van der Waals surface area (Å²) < 4.78 is 6.51. The molecule has 5 aliphatic rings. The van der Waals surface area contributed by atoms with Gasteiger partial charge in [-0.2, -0.15) is 0 Å². The fourth-order valence-electron chi connectivity index (χ4n) is 8.70. The van der Waals surface area contributed by atoms with Crippen molar-refractivity contribution in [3.8, 4) is 0 Å². The third kappa shape index (κ3) is 2.03. The fourth-order valence-corrected chi connectivity index (χ4v) is 8.70. The average molecular weight is 401 g/mol. The van der Waals surface area contributed by atoms with E-state index in [1.54, 1.807) is 0 Å². The third-order valence-electron chi connectivity index (χ3n) is 9.78. The van der Waals surface area contributed by atoms with Gasteiger partial charge in [0.25, 0.3) is 0 Å². The predicted octanol–water partition coefficient (Wildman–Crippen LogP) is 6.36. The molecule has 5 fully saturated rings. The van der Waals surface area contributed by atoms with Gasteiger partial charge in [-0.3, -0.25) is 4.90 Å². The van der Waals surface area contributed by atoms with Gasteiger partial charge >= 0.3 is 0 Å². The van der Waals surface area contributed by atoms with E-state index in [9.17, 15) is 0 Å². The SMILES string of the molecule is Cc1ccc2c(oc3ncccc32)c1C12CC3CC(C1)C1(CCCCC1)N(C3)[C@@H]2C. The minimum atomic E-state index is 0.228. The Hall–Kier alpha value is -1.87. The smallest absolute Gasteiger partial charge is 0.227 e. The van der Waals surface area contributed by atoms with E-state index in [2.05, 4.69) is 41.9 Å². The van der Waals surface area contributed by atoms with Gasteiger partial charge in [0.05, 0.1) is 0 Å². The Morgan fingerprint density at radius 3 is 2.80 bits per heavy atom. The van der Waals surface area contributed by atoms with Crippen LogP contribution in [-0.4, -0.2) is 28.0 Å². The average Bonchev–Trinajstić information content (AvgIpc) is 3.13. The van der Waals surface area contributed by atoms with Crippen molar-refractivity contribution in [1.29, 1.82) is 0 Å². The molecule has 3 aromatic rings. The van der Waals surface area contributed by atoms with Crippen molar-refractivity contribution in [3.05, 3.63) is 41.6 Å². The molecule has 2 saturated carbocycles. The van der Waals surface area contributed by atoms with E-state index < -0.39 is 0 Å². The van der Waals surface area contributed by atoms with Crippen LogP contribution in [0, 0.1) is 18.8 Å². The van der Waals surface area contributed by atoms with Gasteiger partial charge in [-0.1, -0.05) is 31.4 Å². The summed E-state index contributed by atoms with van der Waals surface area (Å²) in [5, 5.41) is 2.42. The van der Waals surface area contributed by atoms with Crippen LogP contribution >= 0.6 is 0 Å². The Labute approximate surface area is 178 Å². The monoisotopic (exact) mass is 400 g/mol. The number of aromatic nitrogens is 1. The number of hydrogen-bond acceptors (Lipinski definition) is 3. The highest BCUT2D eigenvalue weighted by molar-refractivity contribution is 6.05. The van der Waals surface area contributed by atoms with Crippen LogP contribution in [0.4, 0.5) is 0 Å². The number of furan rings is 1. The number of piperidine rings is 3. The maximum atomic E-state index is 6.51. The summed E-state index contributed by atoms with van der Waals surface area (Å²) >= 11 is 0.